The van der Waals surface area contributed by atoms with Gasteiger partial charge in [0, 0.05) is 30.8 Å². The monoisotopic (exact) mass is 341 g/mol. The Kier molecular flexibility index (Phi) is 5.16. The lowest BCUT2D eigenvalue weighted by Gasteiger charge is -2.31. The van der Waals surface area contributed by atoms with Gasteiger partial charge in [-0.05, 0) is 26.7 Å². The van der Waals surface area contributed by atoms with Crippen LogP contribution in [0.2, 0.25) is 0 Å². The summed E-state index contributed by atoms with van der Waals surface area (Å²) in [5.41, 5.74) is 1.16. The number of piperidine rings is 1. The van der Waals surface area contributed by atoms with E-state index in [0.717, 1.165) is 18.4 Å². The van der Waals surface area contributed by atoms with E-state index in [9.17, 15) is 9.59 Å². The summed E-state index contributed by atoms with van der Waals surface area (Å²) in [5.74, 6) is 0.223. The van der Waals surface area contributed by atoms with Crippen LogP contribution < -0.4 is 5.32 Å². The van der Waals surface area contributed by atoms with Gasteiger partial charge in [0.25, 0.3) is 5.91 Å². The van der Waals surface area contributed by atoms with Crippen molar-refractivity contribution in [3.8, 4) is 11.3 Å². The number of benzene rings is 1. The highest BCUT2D eigenvalue weighted by Crippen LogP contribution is 2.23. The summed E-state index contributed by atoms with van der Waals surface area (Å²) >= 11 is 0. The van der Waals surface area contributed by atoms with E-state index in [1.165, 1.54) is 0 Å². The third-order valence-electron chi connectivity index (χ3n) is 4.30. The summed E-state index contributed by atoms with van der Waals surface area (Å²) in [4.78, 5) is 26.6. The van der Waals surface area contributed by atoms with Gasteiger partial charge < -0.3 is 14.7 Å². The first kappa shape index (κ1) is 17.2. The van der Waals surface area contributed by atoms with E-state index in [2.05, 4.69) is 10.5 Å². The van der Waals surface area contributed by atoms with Crippen LogP contribution in [0.25, 0.3) is 11.3 Å². The van der Waals surface area contributed by atoms with Crippen LogP contribution in [0.1, 0.15) is 37.2 Å². The largest absolute Gasteiger partial charge is 0.355 e. The lowest BCUT2D eigenvalue weighted by molar-refractivity contribution is -0.126. The van der Waals surface area contributed by atoms with Gasteiger partial charge in [-0.1, -0.05) is 35.5 Å². The predicted molar refractivity (Wildman–Crippen MR) is 93.8 cm³/mol. The van der Waals surface area contributed by atoms with Gasteiger partial charge in [0.2, 0.25) is 5.91 Å². The molecule has 0 radical (unpaired) electrons. The van der Waals surface area contributed by atoms with Crippen LogP contribution in [0, 0.1) is 5.92 Å². The van der Waals surface area contributed by atoms with E-state index >= 15 is 0 Å². The van der Waals surface area contributed by atoms with Gasteiger partial charge in [0.1, 0.15) is 0 Å². The van der Waals surface area contributed by atoms with Crippen molar-refractivity contribution in [2.24, 2.45) is 5.92 Å². The third-order valence-corrected chi connectivity index (χ3v) is 4.30. The fraction of sp³-hybridized carbons (Fsp3) is 0.421. The van der Waals surface area contributed by atoms with Crippen LogP contribution in [0.15, 0.2) is 40.9 Å². The molecule has 0 saturated carbocycles. The number of rotatable bonds is 4. The van der Waals surface area contributed by atoms with E-state index in [-0.39, 0.29) is 29.5 Å². The van der Waals surface area contributed by atoms with Gasteiger partial charge in [-0.25, -0.2) is 0 Å². The number of carbonyl (C=O) groups is 2. The van der Waals surface area contributed by atoms with Gasteiger partial charge >= 0.3 is 0 Å². The van der Waals surface area contributed by atoms with Gasteiger partial charge in [0.15, 0.2) is 11.5 Å². The summed E-state index contributed by atoms with van der Waals surface area (Å²) in [7, 11) is 0. The van der Waals surface area contributed by atoms with Crippen LogP contribution >= 0.6 is 0 Å². The number of aromatic nitrogens is 1. The summed E-state index contributed by atoms with van der Waals surface area (Å²) in [6.07, 6.45) is 1.61. The summed E-state index contributed by atoms with van der Waals surface area (Å²) < 4.78 is 5.31. The minimum Gasteiger partial charge on any atom is -0.355 e. The Morgan fingerprint density at radius 2 is 2.04 bits per heavy atom. The number of amides is 2. The van der Waals surface area contributed by atoms with Crippen molar-refractivity contribution in [2.45, 2.75) is 32.7 Å². The van der Waals surface area contributed by atoms with Crippen molar-refractivity contribution in [1.82, 2.24) is 15.4 Å². The van der Waals surface area contributed by atoms with Crippen molar-refractivity contribution in [1.29, 1.82) is 0 Å². The standard InChI is InChI=1S/C19H23N3O3/c1-13(2)20-18(23)15-9-6-10-22(12-15)19(24)16-11-17(25-21-16)14-7-4-3-5-8-14/h3-5,7-8,11,13,15H,6,9-10,12H2,1-2H3,(H,20,23). The molecule has 132 valence electrons. The minimum atomic E-state index is -0.187. The first-order valence-electron chi connectivity index (χ1n) is 8.66. The average Bonchev–Trinajstić information content (AvgIpc) is 3.11. The van der Waals surface area contributed by atoms with Crippen LogP contribution in [0.4, 0.5) is 0 Å². The Balaban J connectivity index is 1.68. The van der Waals surface area contributed by atoms with Gasteiger partial charge in [-0.3, -0.25) is 9.59 Å². The molecule has 2 heterocycles. The van der Waals surface area contributed by atoms with Gasteiger partial charge in [-0.15, -0.1) is 0 Å². The summed E-state index contributed by atoms with van der Waals surface area (Å²) in [5, 5.41) is 6.85. The smallest absolute Gasteiger partial charge is 0.276 e. The maximum Gasteiger partial charge on any atom is 0.276 e. The lowest BCUT2D eigenvalue weighted by atomic mass is 9.96. The molecule has 3 rings (SSSR count). The first-order valence-corrected chi connectivity index (χ1v) is 8.66. The van der Waals surface area contributed by atoms with Crippen molar-refractivity contribution >= 4 is 11.8 Å². The van der Waals surface area contributed by atoms with Gasteiger partial charge in [-0.2, -0.15) is 0 Å². The van der Waals surface area contributed by atoms with E-state index in [1.807, 2.05) is 44.2 Å². The maximum atomic E-state index is 12.7. The number of hydrogen-bond acceptors (Lipinski definition) is 4. The van der Waals surface area contributed by atoms with E-state index in [1.54, 1.807) is 11.0 Å². The molecule has 1 atom stereocenters. The third kappa shape index (κ3) is 4.07. The lowest BCUT2D eigenvalue weighted by Crippen LogP contribution is -2.46. The maximum absolute atomic E-state index is 12.7. The van der Waals surface area contributed by atoms with Crippen molar-refractivity contribution in [3.63, 3.8) is 0 Å². The van der Waals surface area contributed by atoms with E-state index in [0.29, 0.717) is 18.8 Å². The molecule has 25 heavy (non-hydrogen) atoms. The van der Waals surface area contributed by atoms with Crippen molar-refractivity contribution in [2.75, 3.05) is 13.1 Å². The fourth-order valence-electron chi connectivity index (χ4n) is 3.05. The molecule has 1 saturated heterocycles. The van der Waals surface area contributed by atoms with E-state index < -0.39 is 0 Å². The Bertz CT molecular complexity index is 739. The van der Waals surface area contributed by atoms with Crippen molar-refractivity contribution < 1.29 is 14.1 Å². The summed E-state index contributed by atoms with van der Waals surface area (Å²) in [6.45, 7) is 4.93. The molecule has 1 unspecified atom stereocenters. The number of likely N-dealkylation sites (tertiary alicyclic amines) is 1. The molecule has 1 aliphatic heterocycles. The molecular formula is C19H23N3O3. The highest BCUT2D eigenvalue weighted by molar-refractivity contribution is 5.93. The van der Waals surface area contributed by atoms with Crippen molar-refractivity contribution in [3.05, 3.63) is 42.1 Å². The molecule has 6 heteroatoms. The quantitative estimate of drug-likeness (QED) is 0.928. The van der Waals surface area contributed by atoms with Crippen LogP contribution in [-0.4, -0.2) is 41.0 Å². The second kappa shape index (κ2) is 7.51. The topological polar surface area (TPSA) is 75.4 Å². The van der Waals surface area contributed by atoms with E-state index in [4.69, 9.17) is 4.52 Å². The molecular weight excluding hydrogens is 318 g/mol. The molecule has 1 aromatic carbocycles. The Hall–Kier alpha value is -2.63. The zero-order valence-corrected chi connectivity index (χ0v) is 14.6. The number of nitrogens with one attached hydrogen (secondary N) is 1. The number of carbonyl (C=O) groups excluding carboxylic acids is 2. The molecule has 0 aliphatic carbocycles. The first-order chi connectivity index (χ1) is 12.0. The molecule has 1 aliphatic rings. The SMILES string of the molecule is CC(C)NC(=O)C1CCCN(C(=O)c2cc(-c3ccccc3)on2)C1. The zero-order valence-electron chi connectivity index (χ0n) is 14.6. The molecule has 1 fully saturated rings. The number of hydrogen-bond donors (Lipinski definition) is 1. The van der Waals surface area contributed by atoms with Crippen LogP contribution in [-0.2, 0) is 4.79 Å². The van der Waals surface area contributed by atoms with Crippen LogP contribution in [0.3, 0.4) is 0 Å². The fourth-order valence-corrected chi connectivity index (χ4v) is 3.05. The highest BCUT2D eigenvalue weighted by Gasteiger charge is 2.30. The second-order valence-corrected chi connectivity index (χ2v) is 6.70. The Morgan fingerprint density at radius 1 is 1.28 bits per heavy atom. The van der Waals surface area contributed by atoms with Crippen LogP contribution in [0.5, 0.6) is 0 Å². The zero-order chi connectivity index (χ0) is 17.8. The Morgan fingerprint density at radius 3 is 2.76 bits per heavy atom. The molecule has 1 N–H and O–H groups in total. The Labute approximate surface area is 147 Å². The molecule has 0 spiro atoms. The molecule has 1 aromatic heterocycles. The second-order valence-electron chi connectivity index (χ2n) is 6.70. The number of nitrogens with zero attached hydrogens (tertiary/aromatic N) is 2. The highest BCUT2D eigenvalue weighted by atomic mass is 16.5. The summed E-state index contributed by atoms with van der Waals surface area (Å²) in [6, 6.07) is 11.3. The van der Waals surface area contributed by atoms with Gasteiger partial charge in [0.05, 0.1) is 5.92 Å². The molecule has 6 nitrogen and oxygen atoms in total. The minimum absolute atomic E-state index is 0.0117. The molecule has 0 bridgehead atoms. The normalized spacial score (nSPS) is 17.6. The predicted octanol–water partition coefficient (Wildman–Crippen LogP) is 2.72. The molecule has 2 aromatic rings. The molecule has 2 amide bonds. The average molecular weight is 341 g/mol.